The van der Waals surface area contributed by atoms with Crippen molar-refractivity contribution in [3.05, 3.63) is 23.9 Å². The lowest BCUT2D eigenvalue weighted by atomic mass is 10.0. The third kappa shape index (κ3) is 2.46. The fourth-order valence-electron chi connectivity index (χ4n) is 1.84. The van der Waals surface area contributed by atoms with Crippen LogP contribution in [0.4, 0.5) is 0 Å². The van der Waals surface area contributed by atoms with Crippen LogP contribution in [0.5, 0.6) is 5.88 Å². The maximum Gasteiger partial charge on any atom is 0.213 e. The molecular formula is C11H17N3O. The number of nitrogens with two attached hydrogens (primary N) is 1. The fourth-order valence-corrected chi connectivity index (χ4v) is 1.84. The van der Waals surface area contributed by atoms with Crippen molar-refractivity contribution in [3.8, 4) is 5.88 Å². The molecule has 0 aliphatic carbocycles. The Kier molecular flexibility index (Phi) is 3.18. The molecule has 1 saturated heterocycles. The highest BCUT2D eigenvalue weighted by Crippen LogP contribution is 2.17. The summed E-state index contributed by atoms with van der Waals surface area (Å²) >= 11 is 0. The van der Waals surface area contributed by atoms with E-state index in [9.17, 15) is 0 Å². The maximum absolute atomic E-state index is 5.57. The zero-order chi connectivity index (χ0) is 10.7. The third-order valence-corrected chi connectivity index (χ3v) is 2.74. The summed E-state index contributed by atoms with van der Waals surface area (Å²) in [4.78, 5) is 6.72. The molecule has 4 nitrogen and oxygen atoms in total. The number of ether oxygens (including phenoxy) is 1. The predicted octanol–water partition coefficient (Wildman–Crippen LogP) is 0.481. The molecule has 1 fully saturated rings. The summed E-state index contributed by atoms with van der Waals surface area (Å²) in [5.41, 5.74) is 6.63. The lowest BCUT2D eigenvalue weighted by Gasteiger charge is -2.38. The van der Waals surface area contributed by atoms with Crippen molar-refractivity contribution in [1.29, 1.82) is 0 Å². The van der Waals surface area contributed by atoms with Crippen LogP contribution in [0.15, 0.2) is 18.2 Å². The Labute approximate surface area is 90.0 Å². The number of aromatic nitrogens is 1. The van der Waals surface area contributed by atoms with Crippen molar-refractivity contribution in [3.63, 3.8) is 0 Å². The molecule has 0 atom stereocenters. The average molecular weight is 207 g/mol. The first-order valence-corrected chi connectivity index (χ1v) is 5.24. The highest BCUT2D eigenvalue weighted by atomic mass is 16.5. The van der Waals surface area contributed by atoms with Crippen molar-refractivity contribution in [2.45, 2.75) is 6.54 Å². The number of likely N-dealkylation sites (tertiary alicyclic amines) is 1. The van der Waals surface area contributed by atoms with E-state index in [2.05, 4.69) is 9.88 Å². The van der Waals surface area contributed by atoms with Gasteiger partial charge >= 0.3 is 0 Å². The summed E-state index contributed by atoms with van der Waals surface area (Å²) in [5, 5.41) is 0. The molecule has 2 rings (SSSR count). The quantitative estimate of drug-likeness (QED) is 0.780. The van der Waals surface area contributed by atoms with Crippen molar-refractivity contribution >= 4 is 0 Å². The number of methoxy groups -OCH3 is 1. The Balaban J connectivity index is 1.88. The lowest BCUT2D eigenvalue weighted by molar-refractivity contribution is 0.0962. The Morgan fingerprint density at radius 3 is 3.00 bits per heavy atom. The van der Waals surface area contributed by atoms with Gasteiger partial charge in [0.05, 0.1) is 12.8 Å². The van der Waals surface area contributed by atoms with E-state index in [0.717, 1.165) is 31.9 Å². The Morgan fingerprint density at radius 1 is 1.53 bits per heavy atom. The van der Waals surface area contributed by atoms with Crippen LogP contribution in [0.25, 0.3) is 0 Å². The lowest BCUT2D eigenvalue weighted by Crippen LogP contribution is -2.49. The monoisotopic (exact) mass is 207 g/mol. The van der Waals surface area contributed by atoms with Crippen LogP contribution in [0.3, 0.4) is 0 Å². The van der Waals surface area contributed by atoms with E-state index in [-0.39, 0.29) is 0 Å². The van der Waals surface area contributed by atoms with Crippen molar-refractivity contribution in [1.82, 2.24) is 9.88 Å². The van der Waals surface area contributed by atoms with Gasteiger partial charge in [-0.15, -0.1) is 0 Å². The van der Waals surface area contributed by atoms with Gasteiger partial charge in [-0.3, -0.25) is 4.90 Å². The average Bonchev–Trinajstić information content (AvgIpc) is 2.23. The number of hydrogen-bond donors (Lipinski definition) is 1. The minimum Gasteiger partial charge on any atom is -0.481 e. The predicted molar refractivity (Wildman–Crippen MR) is 58.6 cm³/mol. The van der Waals surface area contributed by atoms with Crippen LogP contribution in [-0.2, 0) is 6.54 Å². The van der Waals surface area contributed by atoms with Gasteiger partial charge in [0.25, 0.3) is 0 Å². The van der Waals surface area contributed by atoms with Crippen LogP contribution < -0.4 is 10.5 Å². The SMILES string of the molecule is COc1cccc(CN2CC(CN)C2)n1. The van der Waals surface area contributed by atoms with E-state index in [1.54, 1.807) is 7.11 Å². The number of rotatable bonds is 4. The molecule has 82 valence electrons. The fraction of sp³-hybridized carbons (Fsp3) is 0.545. The highest BCUT2D eigenvalue weighted by molar-refractivity contribution is 5.15. The van der Waals surface area contributed by atoms with Gasteiger partial charge in [0.1, 0.15) is 0 Å². The van der Waals surface area contributed by atoms with Crippen LogP contribution in [-0.4, -0.2) is 36.6 Å². The first kappa shape index (κ1) is 10.4. The van der Waals surface area contributed by atoms with E-state index in [1.165, 1.54) is 0 Å². The first-order valence-electron chi connectivity index (χ1n) is 5.24. The third-order valence-electron chi connectivity index (χ3n) is 2.74. The second-order valence-electron chi connectivity index (χ2n) is 3.97. The summed E-state index contributed by atoms with van der Waals surface area (Å²) in [6.07, 6.45) is 0. The normalized spacial score (nSPS) is 17.5. The Bertz CT molecular complexity index is 323. The summed E-state index contributed by atoms with van der Waals surface area (Å²) in [6.45, 7) is 3.88. The van der Waals surface area contributed by atoms with Gasteiger partial charge in [-0.25, -0.2) is 4.98 Å². The minimum absolute atomic E-state index is 0.676. The molecule has 1 aromatic heterocycles. The molecule has 0 unspecified atom stereocenters. The largest absolute Gasteiger partial charge is 0.481 e. The smallest absolute Gasteiger partial charge is 0.213 e. The first-order chi connectivity index (χ1) is 7.31. The molecule has 1 aliphatic rings. The number of nitrogens with zero attached hydrogens (tertiary/aromatic N) is 2. The van der Waals surface area contributed by atoms with E-state index in [4.69, 9.17) is 10.5 Å². The molecule has 0 bridgehead atoms. The van der Waals surface area contributed by atoms with Gasteiger partial charge < -0.3 is 10.5 Å². The van der Waals surface area contributed by atoms with Crippen molar-refractivity contribution in [2.24, 2.45) is 11.7 Å². The van der Waals surface area contributed by atoms with Crippen molar-refractivity contribution in [2.75, 3.05) is 26.7 Å². The van der Waals surface area contributed by atoms with Gasteiger partial charge in [0.15, 0.2) is 0 Å². The molecule has 0 spiro atoms. The topological polar surface area (TPSA) is 51.4 Å². The summed E-state index contributed by atoms with van der Waals surface area (Å²) in [5.74, 6) is 1.36. The van der Waals surface area contributed by atoms with Crippen LogP contribution in [0.2, 0.25) is 0 Å². The van der Waals surface area contributed by atoms with Crippen molar-refractivity contribution < 1.29 is 4.74 Å². The molecule has 1 aromatic rings. The molecule has 0 aromatic carbocycles. The van der Waals surface area contributed by atoms with E-state index in [1.807, 2.05) is 18.2 Å². The van der Waals surface area contributed by atoms with Gasteiger partial charge in [-0.1, -0.05) is 6.07 Å². The molecule has 2 heterocycles. The second-order valence-corrected chi connectivity index (χ2v) is 3.97. The molecular weight excluding hydrogens is 190 g/mol. The summed E-state index contributed by atoms with van der Waals surface area (Å²) in [7, 11) is 1.64. The Morgan fingerprint density at radius 2 is 2.33 bits per heavy atom. The molecule has 0 radical (unpaired) electrons. The Hall–Kier alpha value is -1.13. The van der Waals surface area contributed by atoms with Gasteiger partial charge in [0, 0.05) is 25.7 Å². The van der Waals surface area contributed by atoms with Crippen LogP contribution >= 0.6 is 0 Å². The zero-order valence-corrected chi connectivity index (χ0v) is 9.02. The molecule has 0 saturated carbocycles. The standard InChI is InChI=1S/C11H17N3O/c1-15-11-4-2-3-10(13-11)8-14-6-9(5-12)7-14/h2-4,9H,5-8,12H2,1H3. The van der Waals surface area contributed by atoms with Gasteiger partial charge in [-0.05, 0) is 18.5 Å². The second kappa shape index (κ2) is 4.59. The molecule has 1 aliphatic heterocycles. The van der Waals surface area contributed by atoms with E-state index >= 15 is 0 Å². The zero-order valence-electron chi connectivity index (χ0n) is 9.02. The van der Waals surface area contributed by atoms with E-state index < -0.39 is 0 Å². The summed E-state index contributed by atoms with van der Waals surface area (Å²) < 4.78 is 5.08. The number of pyridine rings is 1. The maximum atomic E-state index is 5.57. The molecule has 4 heteroatoms. The molecule has 2 N–H and O–H groups in total. The van der Waals surface area contributed by atoms with E-state index in [0.29, 0.717) is 11.8 Å². The van der Waals surface area contributed by atoms with Gasteiger partial charge in [0.2, 0.25) is 5.88 Å². The van der Waals surface area contributed by atoms with Gasteiger partial charge in [-0.2, -0.15) is 0 Å². The minimum atomic E-state index is 0.676. The number of hydrogen-bond acceptors (Lipinski definition) is 4. The van der Waals surface area contributed by atoms with Crippen LogP contribution in [0.1, 0.15) is 5.69 Å². The van der Waals surface area contributed by atoms with Crippen LogP contribution in [0, 0.1) is 5.92 Å². The highest BCUT2D eigenvalue weighted by Gasteiger charge is 2.25. The molecule has 15 heavy (non-hydrogen) atoms. The molecule has 0 amide bonds. The summed E-state index contributed by atoms with van der Waals surface area (Å²) in [6, 6.07) is 5.86.